The summed E-state index contributed by atoms with van der Waals surface area (Å²) in [6.07, 6.45) is -0.517. The highest BCUT2D eigenvalue weighted by atomic mass is 16.5. The van der Waals surface area contributed by atoms with Crippen LogP contribution in [-0.4, -0.2) is 29.3 Å². The Kier molecular flexibility index (Phi) is 5.10. The van der Waals surface area contributed by atoms with Crippen molar-refractivity contribution in [3.8, 4) is 5.75 Å². The molecular formula is C23H24N2O2. The number of aromatic amines is 1. The molecule has 0 saturated heterocycles. The Hall–Kier alpha value is -2.82. The third-order valence-electron chi connectivity index (χ3n) is 4.82. The fraction of sp³-hybridized carbons (Fsp3) is 0.217. The standard InChI is InChI=1S/C23H24N2O2/c1-16(24-14-23(26)17-7-3-2-4-8-17)15-27-18-11-12-20-19-9-5-6-10-21(19)25-22(20)13-18/h2-13,16,23-26H,14-15H2,1H3. The average Bonchev–Trinajstić information content (AvgIpc) is 3.09. The smallest absolute Gasteiger partial charge is 0.121 e. The number of hydrogen-bond acceptors (Lipinski definition) is 3. The molecule has 1 aromatic heterocycles. The average molecular weight is 360 g/mol. The highest BCUT2D eigenvalue weighted by molar-refractivity contribution is 6.07. The molecule has 3 N–H and O–H groups in total. The Bertz CT molecular complexity index is 1030. The van der Waals surface area contributed by atoms with Crippen LogP contribution >= 0.6 is 0 Å². The molecule has 4 nitrogen and oxygen atoms in total. The van der Waals surface area contributed by atoms with Crippen molar-refractivity contribution in [2.75, 3.05) is 13.2 Å². The first-order valence-corrected chi connectivity index (χ1v) is 9.30. The van der Waals surface area contributed by atoms with Gasteiger partial charge >= 0.3 is 0 Å². The van der Waals surface area contributed by atoms with Gasteiger partial charge < -0.3 is 20.1 Å². The number of aromatic nitrogens is 1. The monoisotopic (exact) mass is 360 g/mol. The number of benzene rings is 3. The minimum atomic E-state index is -0.517. The molecule has 4 heteroatoms. The van der Waals surface area contributed by atoms with E-state index in [1.54, 1.807) is 0 Å². The molecule has 2 unspecified atom stereocenters. The van der Waals surface area contributed by atoms with E-state index in [1.807, 2.05) is 48.5 Å². The van der Waals surface area contributed by atoms with E-state index < -0.39 is 6.10 Å². The fourth-order valence-electron chi connectivity index (χ4n) is 3.31. The van der Waals surface area contributed by atoms with E-state index in [1.165, 1.54) is 10.8 Å². The second-order valence-electron chi connectivity index (χ2n) is 6.92. The quantitative estimate of drug-likeness (QED) is 0.457. The lowest BCUT2D eigenvalue weighted by atomic mass is 10.1. The van der Waals surface area contributed by atoms with Crippen molar-refractivity contribution in [2.24, 2.45) is 0 Å². The number of fused-ring (bicyclic) bond motifs is 3. The van der Waals surface area contributed by atoms with Crippen molar-refractivity contribution >= 4 is 21.8 Å². The molecule has 0 bridgehead atoms. The van der Waals surface area contributed by atoms with E-state index in [0.29, 0.717) is 13.2 Å². The summed E-state index contributed by atoms with van der Waals surface area (Å²) in [5, 5.41) is 16.0. The summed E-state index contributed by atoms with van der Waals surface area (Å²) < 4.78 is 5.95. The van der Waals surface area contributed by atoms with Crippen molar-refractivity contribution < 1.29 is 9.84 Å². The van der Waals surface area contributed by atoms with Gasteiger partial charge in [0, 0.05) is 34.9 Å². The van der Waals surface area contributed by atoms with Crippen LogP contribution in [0.4, 0.5) is 0 Å². The first-order chi connectivity index (χ1) is 13.2. The number of H-pyrrole nitrogens is 1. The maximum absolute atomic E-state index is 10.2. The van der Waals surface area contributed by atoms with Gasteiger partial charge in [0.15, 0.2) is 0 Å². The molecule has 0 amide bonds. The largest absolute Gasteiger partial charge is 0.492 e. The number of nitrogens with one attached hydrogen (secondary N) is 2. The van der Waals surface area contributed by atoms with Crippen LogP contribution < -0.4 is 10.1 Å². The second-order valence-corrected chi connectivity index (χ2v) is 6.92. The predicted octanol–water partition coefficient (Wildman–Crippen LogP) is 4.41. The van der Waals surface area contributed by atoms with Gasteiger partial charge in [-0.3, -0.25) is 0 Å². The van der Waals surface area contributed by atoms with Gasteiger partial charge in [0.1, 0.15) is 12.4 Å². The lowest BCUT2D eigenvalue weighted by molar-refractivity contribution is 0.164. The summed E-state index contributed by atoms with van der Waals surface area (Å²) in [7, 11) is 0. The third kappa shape index (κ3) is 3.97. The lowest BCUT2D eigenvalue weighted by Gasteiger charge is -2.18. The van der Waals surface area contributed by atoms with E-state index in [-0.39, 0.29) is 6.04 Å². The van der Waals surface area contributed by atoms with Gasteiger partial charge in [0.25, 0.3) is 0 Å². The Morgan fingerprint density at radius 3 is 2.52 bits per heavy atom. The first-order valence-electron chi connectivity index (χ1n) is 9.30. The minimum absolute atomic E-state index is 0.127. The number of para-hydroxylation sites is 1. The number of ether oxygens (including phenoxy) is 1. The number of hydrogen-bond donors (Lipinski definition) is 3. The van der Waals surface area contributed by atoms with Crippen LogP contribution in [0.2, 0.25) is 0 Å². The zero-order chi connectivity index (χ0) is 18.6. The Labute approximate surface area is 158 Å². The zero-order valence-electron chi connectivity index (χ0n) is 15.4. The molecule has 1 heterocycles. The molecule has 2 atom stereocenters. The molecule has 27 heavy (non-hydrogen) atoms. The van der Waals surface area contributed by atoms with Crippen LogP contribution in [0.25, 0.3) is 21.8 Å². The van der Waals surface area contributed by atoms with E-state index in [4.69, 9.17) is 4.74 Å². The maximum Gasteiger partial charge on any atom is 0.121 e. The SMILES string of the molecule is CC(COc1ccc2c(c1)[nH]c1ccccc12)NCC(O)c1ccccc1. The summed E-state index contributed by atoms with van der Waals surface area (Å²) in [4.78, 5) is 3.44. The van der Waals surface area contributed by atoms with Gasteiger partial charge in [-0.2, -0.15) is 0 Å². The molecule has 0 aliphatic heterocycles. The molecule has 138 valence electrons. The molecule has 0 fully saturated rings. The molecule has 0 radical (unpaired) electrons. The summed E-state index contributed by atoms with van der Waals surface area (Å²) in [5.41, 5.74) is 3.13. The van der Waals surface area contributed by atoms with E-state index in [9.17, 15) is 5.11 Å². The van der Waals surface area contributed by atoms with Gasteiger partial charge in [-0.15, -0.1) is 0 Å². The second kappa shape index (κ2) is 7.82. The van der Waals surface area contributed by atoms with Gasteiger partial charge in [-0.05, 0) is 30.7 Å². The van der Waals surface area contributed by atoms with Crippen molar-refractivity contribution in [1.29, 1.82) is 0 Å². The Morgan fingerprint density at radius 1 is 0.926 bits per heavy atom. The van der Waals surface area contributed by atoms with Gasteiger partial charge in [0.05, 0.1) is 11.6 Å². The highest BCUT2D eigenvalue weighted by Gasteiger charge is 2.10. The van der Waals surface area contributed by atoms with E-state index in [0.717, 1.165) is 22.3 Å². The summed E-state index contributed by atoms with van der Waals surface area (Å²) in [5.74, 6) is 0.839. The molecule has 0 aliphatic carbocycles. The highest BCUT2D eigenvalue weighted by Crippen LogP contribution is 2.28. The van der Waals surface area contributed by atoms with Crippen LogP contribution in [0.15, 0.2) is 72.8 Å². The van der Waals surface area contributed by atoms with Gasteiger partial charge in [-0.1, -0.05) is 48.5 Å². The molecule has 3 aromatic carbocycles. The Balaban J connectivity index is 1.34. The van der Waals surface area contributed by atoms with Crippen molar-refractivity contribution in [2.45, 2.75) is 19.1 Å². The Morgan fingerprint density at radius 2 is 1.67 bits per heavy atom. The minimum Gasteiger partial charge on any atom is -0.492 e. The predicted molar refractivity (Wildman–Crippen MR) is 110 cm³/mol. The van der Waals surface area contributed by atoms with Gasteiger partial charge in [0.2, 0.25) is 0 Å². The van der Waals surface area contributed by atoms with Crippen LogP contribution in [0.1, 0.15) is 18.6 Å². The van der Waals surface area contributed by atoms with E-state index >= 15 is 0 Å². The molecule has 0 spiro atoms. The van der Waals surface area contributed by atoms with E-state index in [2.05, 4.69) is 41.5 Å². The topological polar surface area (TPSA) is 57.3 Å². The zero-order valence-corrected chi connectivity index (χ0v) is 15.4. The summed E-state index contributed by atoms with van der Waals surface area (Å²) >= 11 is 0. The van der Waals surface area contributed by atoms with Crippen LogP contribution in [0, 0.1) is 0 Å². The number of aliphatic hydroxyl groups excluding tert-OH is 1. The van der Waals surface area contributed by atoms with Crippen LogP contribution in [0.3, 0.4) is 0 Å². The van der Waals surface area contributed by atoms with Crippen molar-refractivity contribution in [3.63, 3.8) is 0 Å². The third-order valence-corrected chi connectivity index (χ3v) is 4.82. The number of rotatable bonds is 7. The molecule has 0 aliphatic rings. The first kappa shape index (κ1) is 17.6. The molecular weight excluding hydrogens is 336 g/mol. The number of aliphatic hydroxyl groups is 1. The maximum atomic E-state index is 10.2. The molecule has 0 saturated carbocycles. The molecule has 4 rings (SSSR count). The van der Waals surface area contributed by atoms with Crippen molar-refractivity contribution in [3.05, 3.63) is 78.4 Å². The fourth-order valence-corrected chi connectivity index (χ4v) is 3.31. The lowest BCUT2D eigenvalue weighted by Crippen LogP contribution is -2.34. The van der Waals surface area contributed by atoms with Crippen molar-refractivity contribution in [1.82, 2.24) is 10.3 Å². The molecule has 4 aromatic rings. The normalized spacial score (nSPS) is 13.7. The van der Waals surface area contributed by atoms with Gasteiger partial charge in [-0.25, -0.2) is 0 Å². The van der Waals surface area contributed by atoms with Crippen LogP contribution in [0.5, 0.6) is 5.75 Å². The summed E-state index contributed by atoms with van der Waals surface area (Å²) in [6.45, 7) is 3.09. The van der Waals surface area contributed by atoms with Crippen LogP contribution in [-0.2, 0) is 0 Å². The summed E-state index contributed by atoms with van der Waals surface area (Å²) in [6, 6.07) is 24.3.